The SMILES string of the molecule is O.O.[Cl][Ru][Cl].c1cnc2c(c1)ccc1cccnc12.c1cnc2c(c1)ccc1cccnc12. The van der Waals surface area contributed by atoms with Gasteiger partial charge in [-0.25, -0.2) is 0 Å². The zero-order valence-corrected chi connectivity index (χ0v) is 20.4. The second-order valence-electron chi connectivity index (χ2n) is 6.48. The summed E-state index contributed by atoms with van der Waals surface area (Å²) >= 11 is -0.346. The molecule has 0 aliphatic carbocycles. The molecular formula is C24H20Cl2N4O2Ru. The normalized spacial score (nSPS) is 9.88. The van der Waals surface area contributed by atoms with Gasteiger partial charge in [-0.3, -0.25) is 19.9 Å². The third kappa shape index (κ3) is 6.17. The molecule has 0 radical (unpaired) electrons. The molecule has 4 N–H and O–H groups in total. The van der Waals surface area contributed by atoms with Crippen molar-refractivity contribution in [3.63, 3.8) is 0 Å². The molecule has 6 nitrogen and oxygen atoms in total. The van der Waals surface area contributed by atoms with Gasteiger partial charge in [-0.15, -0.1) is 0 Å². The summed E-state index contributed by atoms with van der Waals surface area (Å²) in [6.45, 7) is 0. The van der Waals surface area contributed by atoms with E-state index in [1.54, 1.807) is 24.8 Å². The molecule has 9 heteroatoms. The third-order valence-electron chi connectivity index (χ3n) is 4.69. The standard InChI is InChI=1S/2C12H8N2.2ClH.2H2O.Ru/c2*1-3-9-5-6-10-4-2-8-14-12(10)11(9)13-7-1;;;;;/h2*1-8H;2*1H;2*1H2;/q;;;;;;+2/p-2. The van der Waals surface area contributed by atoms with Crippen molar-refractivity contribution in [3.8, 4) is 0 Å². The Hall–Kier alpha value is -2.80. The molecule has 170 valence electrons. The molecule has 6 aromatic rings. The van der Waals surface area contributed by atoms with Gasteiger partial charge < -0.3 is 11.0 Å². The maximum atomic E-state index is 4.85. The summed E-state index contributed by atoms with van der Waals surface area (Å²) in [5, 5.41) is 4.55. The summed E-state index contributed by atoms with van der Waals surface area (Å²) in [5.74, 6) is 0. The van der Waals surface area contributed by atoms with Gasteiger partial charge in [0.2, 0.25) is 0 Å². The van der Waals surface area contributed by atoms with E-state index in [1.807, 2.05) is 24.3 Å². The minimum Gasteiger partial charge on any atom is -0.254 e. The number of halogens is 2. The van der Waals surface area contributed by atoms with Crippen LogP contribution in [0.15, 0.2) is 97.6 Å². The Morgan fingerprint density at radius 2 is 0.636 bits per heavy atom. The Morgan fingerprint density at radius 3 is 0.848 bits per heavy atom. The van der Waals surface area contributed by atoms with Crippen LogP contribution in [0.4, 0.5) is 0 Å². The van der Waals surface area contributed by atoms with E-state index in [2.05, 4.69) is 68.5 Å². The number of pyridine rings is 4. The fourth-order valence-electron chi connectivity index (χ4n) is 3.36. The molecule has 0 aliphatic rings. The van der Waals surface area contributed by atoms with Gasteiger partial charge >= 0.3 is 34.5 Å². The van der Waals surface area contributed by atoms with Gasteiger partial charge in [-0.2, -0.15) is 0 Å². The molecule has 0 atom stereocenters. The van der Waals surface area contributed by atoms with Crippen molar-refractivity contribution in [3.05, 3.63) is 97.6 Å². The maximum Gasteiger partial charge on any atom is 0.0964 e. The van der Waals surface area contributed by atoms with Crippen molar-refractivity contribution >= 4 is 63.0 Å². The van der Waals surface area contributed by atoms with Crippen molar-refractivity contribution in [2.24, 2.45) is 0 Å². The second-order valence-corrected chi connectivity index (χ2v) is 9.12. The zero-order chi connectivity index (χ0) is 21.5. The molecule has 33 heavy (non-hydrogen) atoms. The van der Waals surface area contributed by atoms with E-state index in [4.69, 9.17) is 19.4 Å². The van der Waals surface area contributed by atoms with Crippen molar-refractivity contribution < 1.29 is 26.1 Å². The second kappa shape index (κ2) is 13.0. The van der Waals surface area contributed by atoms with E-state index in [9.17, 15) is 0 Å². The van der Waals surface area contributed by atoms with E-state index < -0.39 is 0 Å². The Bertz CT molecular complexity index is 1250. The van der Waals surface area contributed by atoms with Crippen LogP contribution in [-0.4, -0.2) is 30.9 Å². The summed E-state index contributed by atoms with van der Waals surface area (Å²) in [4.78, 5) is 17.4. The summed E-state index contributed by atoms with van der Waals surface area (Å²) in [7, 11) is 9.71. The van der Waals surface area contributed by atoms with Crippen LogP contribution < -0.4 is 0 Å². The molecule has 6 rings (SSSR count). The number of aromatic nitrogens is 4. The summed E-state index contributed by atoms with van der Waals surface area (Å²) in [6, 6.07) is 24.3. The van der Waals surface area contributed by atoms with Crippen LogP contribution in [0.3, 0.4) is 0 Å². The van der Waals surface area contributed by atoms with Crippen LogP contribution in [0.2, 0.25) is 0 Å². The van der Waals surface area contributed by atoms with Crippen LogP contribution in [0.25, 0.3) is 43.6 Å². The quantitative estimate of drug-likeness (QED) is 0.183. The zero-order valence-electron chi connectivity index (χ0n) is 17.1. The largest absolute Gasteiger partial charge is 0.254 e. The van der Waals surface area contributed by atoms with Crippen molar-refractivity contribution in [1.82, 2.24) is 19.9 Å². The molecule has 0 saturated carbocycles. The van der Waals surface area contributed by atoms with Crippen LogP contribution in [0.5, 0.6) is 0 Å². The third-order valence-corrected chi connectivity index (χ3v) is 4.69. The average molecular weight is 568 g/mol. The van der Waals surface area contributed by atoms with Crippen LogP contribution in [0.1, 0.15) is 0 Å². The molecule has 0 bridgehead atoms. The fourth-order valence-corrected chi connectivity index (χ4v) is 3.36. The molecule has 0 saturated heterocycles. The van der Waals surface area contributed by atoms with E-state index in [1.165, 1.54) is 0 Å². The molecule has 0 aliphatic heterocycles. The smallest absolute Gasteiger partial charge is 0.0964 e. The summed E-state index contributed by atoms with van der Waals surface area (Å²) < 4.78 is 0. The van der Waals surface area contributed by atoms with Gasteiger partial charge in [0.15, 0.2) is 0 Å². The first kappa shape index (κ1) is 26.5. The van der Waals surface area contributed by atoms with Crippen LogP contribution >= 0.6 is 19.4 Å². The molecule has 4 heterocycles. The first-order valence-corrected chi connectivity index (χ1v) is 13.8. The molecule has 4 aromatic heterocycles. The van der Waals surface area contributed by atoms with Gasteiger partial charge in [0.05, 0.1) is 22.1 Å². The van der Waals surface area contributed by atoms with Gasteiger partial charge in [0, 0.05) is 46.3 Å². The predicted octanol–water partition coefficient (Wildman–Crippen LogP) is 5.29. The molecule has 0 amide bonds. The number of hydrogen-bond donors (Lipinski definition) is 0. The van der Waals surface area contributed by atoms with E-state index in [0.717, 1.165) is 43.6 Å². The summed E-state index contributed by atoms with van der Waals surface area (Å²) in [6.07, 6.45) is 7.21. The van der Waals surface area contributed by atoms with Gasteiger partial charge in [-0.05, 0) is 24.3 Å². The average Bonchev–Trinajstić information content (AvgIpc) is 2.85. The van der Waals surface area contributed by atoms with Gasteiger partial charge in [-0.1, -0.05) is 48.5 Å². The van der Waals surface area contributed by atoms with Crippen molar-refractivity contribution in [2.75, 3.05) is 0 Å². The topological polar surface area (TPSA) is 115 Å². The predicted molar refractivity (Wildman–Crippen MR) is 133 cm³/mol. The first-order chi connectivity index (χ1) is 15.3. The number of nitrogens with zero attached hydrogens (tertiary/aromatic N) is 4. The minimum absolute atomic E-state index is 0. The van der Waals surface area contributed by atoms with Crippen molar-refractivity contribution in [2.45, 2.75) is 0 Å². The first-order valence-electron chi connectivity index (χ1n) is 9.34. The fraction of sp³-hybridized carbons (Fsp3) is 0. The number of rotatable bonds is 0. The Morgan fingerprint density at radius 1 is 0.424 bits per heavy atom. The number of hydrogen-bond acceptors (Lipinski definition) is 4. The molecular weight excluding hydrogens is 548 g/mol. The van der Waals surface area contributed by atoms with Gasteiger partial charge in [0.1, 0.15) is 0 Å². The Labute approximate surface area is 205 Å². The number of benzene rings is 2. The molecule has 0 unspecified atom stereocenters. The molecule has 2 aromatic carbocycles. The molecule has 0 spiro atoms. The number of fused-ring (bicyclic) bond motifs is 6. The van der Waals surface area contributed by atoms with Gasteiger partial charge in [0.25, 0.3) is 0 Å². The molecule has 0 fully saturated rings. The van der Waals surface area contributed by atoms with E-state index in [-0.39, 0.29) is 26.1 Å². The van der Waals surface area contributed by atoms with E-state index in [0.29, 0.717) is 0 Å². The summed E-state index contributed by atoms with van der Waals surface area (Å²) in [5.41, 5.74) is 3.91. The van der Waals surface area contributed by atoms with Crippen LogP contribution in [-0.2, 0) is 15.1 Å². The Kier molecular flexibility index (Phi) is 10.5. The maximum absolute atomic E-state index is 4.85. The van der Waals surface area contributed by atoms with Crippen molar-refractivity contribution in [1.29, 1.82) is 0 Å². The minimum atomic E-state index is -0.346. The monoisotopic (exact) mass is 568 g/mol. The Balaban J connectivity index is 0.000000198. The van der Waals surface area contributed by atoms with Crippen LogP contribution in [0, 0.1) is 0 Å². The van der Waals surface area contributed by atoms with E-state index >= 15 is 0 Å².